The van der Waals surface area contributed by atoms with Crippen LogP contribution in [0, 0.1) is 0 Å². The van der Waals surface area contributed by atoms with Crippen molar-refractivity contribution in [3.05, 3.63) is 34.9 Å². The van der Waals surface area contributed by atoms with Crippen LogP contribution in [0.15, 0.2) is 24.3 Å². The van der Waals surface area contributed by atoms with Gasteiger partial charge in [-0.1, -0.05) is 23.7 Å². The molecule has 1 atom stereocenters. The molecule has 3 nitrogen and oxygen atoms in total. The number of ether oxygens (including phenoxy) is 1. The van der Waals surface area contributed by atoms with Crippen LogP contribution in [0.5, 0.6) is 0 Å². The third kappa shape index (κ3) is 3.66. The maximum atomic E-state index is 10.4. The topological polar surface area (TPSA) is 52.3 Å². The molecule has 0 radical (unpaired) electrons. The van der Waals surface area contributed by atoms with Gasteiger partial charge in [-0.05, 0) is 24.6 Å². The van der Waals surface area contributed by atoms with Crippen LogP contribution in [0.3, 0.4) is 0 Å². The predicted octanol–water partition coefficient (Wildman–Crippen LogP) is 2.37. The second-order valence-corrected chi connectivity index (χ2v) is 3.51. The van der Waals surface area contributed by atoms with E-state index in [2.05, 4.69) is 0 Å². The van der Waals surface area contributed by atoms with Crippen molar-refractivity contribution in [3.8, 4) is 0 Å². The standard InChI is InChI=1S/C10H12ClNO2/c1-7(14-10(12)13)6-8-2-4-9(11)5-3-8/h2-5,7H,6H2,1H3,(H2,12,13)/t7-/m0/s1. The van der Waals surface area contributed by atoms with E-state index in [4.69, 9.17) is 22.1 Å². The lowest BCUT2D eigenvalue weighted by Crippen LogP contribution is -2.21. The highest BCUT2D eigenvalue weighted by Crippen LogP contribution is 2.11. The number of carbonyl (C=O) groups is 1. The zero-order valence-corrected chi connectivity index (χ0v) is 8.62. The van der Waals surface area contributed by atoms with Crippen LogP contribution < -0.4 is 5.73 Å². The van der Waals surface area contributed by atoms with Gasteiger partial charge in [0, 0.05) is 11.4 Å². The van der Waals surface area contributed by atoms with E-state index < -0.39 is 6.09 Å². The van der Waals surface area contributed by atoms with E-state index in [1.54, 1.807) is 19.1 Å². The molecule has 0 aliphatic rings. The van der Waals surface area contributed by atoms with Gasteiger partial charge in [-0.25, -0.2) is 4.79 Å². The fraction of sp³-hybridized carbons (Fsp3) is 0.300. The largest absolute Gasteiger partial charge is 0.446 e. The normalized spacial score (nSPS) is 12.1. The Morgan fingerprint density at radius 3 is 2.57 bits per heavy atom. The van der Waals surface area contributed by atoms with Crippen molar-refractivity contribution in [2.45, 2.75) is 19.4 Å². The first-order chi connectivity index (χ1) is 6.58. The van der Waals surface area contributed by atoms with E-state index in [1.807, 2.05) is 12.1 Å². The molecule has 0 aliphatic heterocycles. The van der Waals surface area contributed by atoms with Gasteiger partial charge in [0.2, 0.25) is 0 Å². The molecule has 0 saturated carbocycles. The molecule has 4 heteroatoms. The summed E-state index contributed by atoms with van der Waals surface area (Å²) in [5.74, 6) is 0. The molecule has 76 valence electrons. The van der Waals surface area contributed by atoms with Gasteiger partial charge in [-0.2, -0.15) is 0 Å². The van der Waals surface area contributed by atoms with E-state index in [0.717, 1.165) is 5.56 Å². The van der Waals surface area contributed by atoms with Crippen LogP contribution in [0.2, 0.25) is 5.02 Å². The number of hydrogen-bond donors (Lipinski definition) is 1. The monoisotopic (exact) mass is 213 g/mol. The molecule has 0 spiro atoms. The van der Waals surface area contributed by atoms with E-state index in [-0.39, 0.29) is 6.10 Å². The molecule has 1 aromatic rings. The number of primary amides is 1. The average molecular weight is 214 g/mol. The molecule has 14 heavy (non-hydrogen) atoms. The molecule has 1 aromatic carbocycles. The average Bonchev–Trinajstić information content (AvgIpc) is 2.07. The van der Waals surface area contributed by atoms with Crippen LogP contribution in [0.1, 0.15) is 12.5 Å². The molecule has 0 fully saturated rings. The minimum absolute atomic E-state index is 0.214. The number of amides is 1. The molecule has 2 N–H and O–H groups in total. The SMILES string of the molecule is C[C@@H](Cc1ccc(Cl)cc1)OC(N)=O. The summed E-state index contributed by atoms with van der Waals surface area (Å²) >= 11 is 5.73. The predicted molar refractivity (Wildman–Crippen MR) is 55.3 cm³/mol. The Balaban J connectivity index is 2.51. The maximum Gasteiger partial charge on any atom is 0.404 e. The first-order valence-corrected chi connectivity index (χ1v) is 4.66. The fourth-order valence-corrected chi connectivity index (χ4v) is 1.32. The first-order valence-electron chi connectivity index (χ1n) is 4.28. The Hall–Kier alpha value is -1.22. The Morgan fingerprint density at radius 1 is 1.50 bits per heavy atom. The van der Waals surface area contributed by atoms with Gasteiger partial charge in [0.05, 0.1) is 0 Å². The Labute approximate surface area is 87.8 Å². The summed E-state index contributed by atoms with van der Waals surface area (Å²) in [5.41, 5.74) is 5.95. The summed E-state index contributed by atoms with van der Waals surface area (Å²) in [6.07, 6.45) is -0.319. The zero-order valence-electron chi connectivity index (χ0n) is 7.87. The van der Waals surface area contributed by atoms with Crippen LogP contribution in [-0.2, 0) is 11.2 Å². The van der Waals surface area contributed by atoms with Gasteiger partial charge < -0.3 is 10.5 Å². The molecule has 0 heterocycles. The van der Waals surface area contributed by atoms with Crippen molar-refractivity contribution in [1.29, 1.82) is 0 Å². The number of nitrogens with two attached hydrogens (primary N) is 1. The number of benzene rings is 1. The maximum absolute atomic E-state index is 10.4. The number of halogens is 1. The Morgan fingerprint density at radius 2 is 2.07 bits per heavy atom. The van der Waals surface area contributed by atoms with Crippen LogP contribution in [0.4, 0.5) is 4.79 Å². The molecule has 0 unspecified atom stereocenters. The lowest BCUT2D eigenvalue weighted by Gasteiger charge is -2.10. The van der Waals surface area contributed by atoms with E-state index in [9.17, 15) is 4.79 Å². The van der Waals surface area contributed by atoms with Gasteiger partial charge in [-0.3, -0.25) is 0 Å². The number of hydrogen-bond acceptors (Lipinski definition) is 2. The van der Waals surface area contributed by atoms with E-state index >= 15 is 0 Å². The molecule has 0 aromatic heterocycles. The van der Waals surface area contributed by atoms with Gasteiger partial charge >= 0.3 is 6.09 Å². The second kappa shape index (κ2) is 4.86. The van der Waals surface area contributed by atoms with Crippen molar-refractivity contribution in [3.63, 3.8) is 0 Å². The fourth-order valence-electron chi connectivity index (χ4n) is 1.19. The highest BCUT2D eigenvalue weighted by atomic mass is 35.5. The Kier molecular flexibility index (Phi) is 3.77. The van der Waals surface area contributed by atoms with Gasteiger partial charge in [0.25, 0.3) is 0 Å². The van der Waals surface area contributed by atoms with Crippen LogP contribution in [-0.4, -0.2) is 12.2 Å². The summed E-state index contributed by atoms with van der Waals surface area (Å²) in [4.78, 5) is 10.4. The highest BCUT2D eigenvalue weighted by molar-refractivity contribution is 6.30. The lowest BCUT2D eigenvalue weighted by molar-refractivity contribution is 0.116. The summed E-state index contributed by atoms with van der Waals surface area (Å²) in [6.45, 7) is 1.79. The third-order valence-electron chi connectivity index (χ3n) is 1.75. The summed E-state index contributed by atoms with van der Waals surface area (Å²) in [6, 6.07) is 7.38. The molecule has 0 bridgehead atoms. The zero-order chi connectivity index (χ0) is 10.6. The van der Waals surface area contributed by atoms with E-state index in [1.165, 1.54) is 0 Å². The molecule has 0 aliphatic carbocycles. The van der Waals surface area contributed by atoms with Crippen molar-refractivity contribution < 1.29 is 9.53 Å². The van der Waals surface area contributed by atoms with E-state index in [0.29, 0.717) is 11.4 Å². The second-order valence-electron chi connectivity index (χ2n) is 3.08. The van der Waals surface area contributed by atoms with Gasteiger partial charge in [-0.15, -0.1) is 0 Å². The van der Waals surface area contributed by atoms with Crippen molar-refractivity contribution in [2.75, 3.05) is 0 Å². The van der Waals surface area contributed by atoms with Crippen LogP contribution in [0.25, 0.3) is 0 Å². The minimum Gasteiger partial charge on any atom is -0.446 e. The minimum atomic E-state index is -0.744. The number of rotatable bonds is 3. The molecular formula is C10H12ClNO2. The summed E-state index contributed by atoms with van der Waals surface area (Å²) in [5, 5.41) is 0.692. The molecule has 1 rings (SSSR count). The molecule has 0 saturated heterocycles. The Bertz CT molecular complexity index is 310. The van der Waals surface area contributed by atoms with Crippen molar-refractivity contribution in [1.82, 2.24) is 0 Å². The van der Waals surface area contributed by atoms with Crippen molar-refractivity contribution in [2.24, 2.45) is 5.73 Å². The van der Waals surface area contributed by atoms with Gasteiger partial charge in [0.1, 0.15) is 6.10 Å². The smallest absolute Gasteiger partial charge is 0.404 e. The lowest BCUT2D eigenvalue weighted by atomic mass is 10.1. The highest BCUT2D eigenvalue weighted by Gasteiger charge is 2.06. The molecular weight excluding hydrogens is 202 g/mol. The van der Waals surface area contributed by atoms with Crippen molar-refractivity contribution >= 4 is 17.7 Å². The number of carbonyl (C=O) groups excluding carboxylic acids is 1. The quantitative estimate of drug-likeness (QED) is 0.838. The summed E-state index contributed by atoms with van der Waals surface area (Å²) in [7, 11) is 0. The van der Waals surface area contributed by atoms with Crippen LogP contribution >= 0.6 is 11.6 Å². The third-order valence-corrected chi connectivity index (χ3v) is 2.01. The first kappa shape index (κ1) is 10.9. The van der Waals surface area contributed by atoms with Gasteiger partial charge in [0.15, 0.2) is 0 Å². The summed E-state index contributed by atoms with van der Waals surface area (Å²) < 4.78 is 4.79. The molecule has 1 amide bonds.